The standard InChI is InChI=1S/C20H21N3O6/c1-23-15-8-6-5-7-13(15)20(17(23)24,18(25)28-3)12-9-10-14(16(11-12)27-2)21-22-19(26)29-4/h5-11,21H,1-4H3,(H,22,26)/t20-/m1/s1. The van der Waals surface area contributed by atoms with Gasteiger partial charge in [0.25, 0.3) is 5.91 Å². The van der Waals surface area contributed by atoms with Gasteiger partial charge in [-0.25, -0.2) is 10.2 Å². The van der Waals surface area contributed by atoms with Gasteiger partial charge in [0.15, 0.2) is 5.41 Å². The van der Waals surface area contributed by atoms with Crippen molar-refractivity contribution in [3.63, 3.8) is 0 Å². The van der Waals surface area contributed by atoms with E-state index in [-0.39, 0.29) is 0 Å². The minimum atomic E-state index is -1.66. The molecular weight excluding hydrogens is 378 g/mol. The van der Waals surface area contributed by atoms with Gasteiger partial charge in [-0.1, -0.05) is 24.3 Å². The Morgan fingerprint density at radius 2 is 1.76 bits per heavy atom. The highest BCUT2D eigenvalue weighted by molar-refractivity contribution is 6.23. The smallest absolute Gasteiger partial charge is 0.425 e. The second kappa shape index (κ2) is 7.70. The van der Waals surface area contributed by atoms with Crippen LogP contribution in [0.5, 0.6) is 5.75 Å². The molecule has 0 aliphatic carbocycles. The maximum Gasteiger partial charge on any atom is 0.425 e. The fourth-order valence-corrected chi connectivity index (χ4v) is 3.50. The quantitative estimate of drug-likeness (QED) is 0.449. The van der Waals surface area contributed by atoms with E-state index in [0.717, 1.165) is 0 Å². The van der Waals surface area contributed by atoms with E-state index in [1.807, 2.05) is 0 Å². The molecule has 0 radical (unpaired) electrons. The second-order valence-electron chi connectivity index (χ2n) is 6.28. The maximum atomic E-state index is 13.3. The predicted molar refractivity (Wildman–Crippen MR) is 105 cm³/mol. The zero-order valence-electron chi connectivity index (χ0n) is 16.4. The zero-order valence-corrected chi connectivity index (χ0v) is 16.4. The van der Waals surface area contributed by atoms with Gasteiger partial charge >= 0.3 is 12.1 Å². The Balaban J connectivity index is 2.16. The first-order valence-corrected chi connectivity index (χ1v) is 8.66. The number of fused-ring (bicyclic) bond motifs is 1. The number of hydrazine groups is 1. The molecule has 9 heteroatoms. The molecule has 0 unspecified atom stereocenters. The SMILES string of the molecule is COC(=O)NNc1ccc([C@]2(C(=O)OC)C(=O)N(C)c3ccccc32)cc1OC. The Morgan fingerprint density at radius 1 is 1.03 bits per heavy atom. The van der Waals surface area contributed by atoms with Crippen molar-refractivity contribution >= 4 is 29.3 Å². The van der Waals surface area contributed by atoms with Crippen molar-refractivity contribution in [2.24, 2.45) is 0 Å². The number of likely N-dealkylation sites (N-methyl/N-ethyl adjacent to an activating group) is 1. The molecule has 1 atom stereocenters. The Bertz CT molecular complexity index is 976. The number of hydrogen-bond donors (Lipinski definition) is 2. The topological polar surface area (TPSA) is 106 Å². The van der Waals surface area contributed by atoms with Crippen LogP contribution in [-0.4, -0.2) is 46.3 Å². The highest BCUT2D eigenvalue weighted by Gasteiger charge is 2.58. The summed E-state index contributed by atoms with van der Waals surface area (Å²) in [6.45, 7) is 0. The molecule has 0 saturated heterocycles. The highest BCUT2D eigenvalue weighted by Crippen LogP contribution is 2.47. The summed E-state index contributed by atoms with van der Waals surface area (Å²) < 4.78 is 14.9. The van der Waals surface area contributed by atoms with Crippen LogP contribution >= 0.6 is 0 Å². The van der Waals surface area contributed by atoms with Crippen LogP contribution in [-0.2, 0) is 24.5 Å². The van der Waals surface area contributed by atoms with E-state index in [0.29, 0.717) is 28.3 Å². The van der Waals surface area contributed by atoms with E-state index < -0.39 is 23.4 Å². The average molecular weight is 399 g/mol. The molecule has 0 bridgehead atoms. The minimum absolute atomic E-state index is 0.307. The molecule has 0 fully saturated rings. The van der Waals surface area contributed by atoms with Crippen molar-refractivity contribution < 1.29 is 28.6 Å². The fraction of sp³-hybridized carbons (Fsp3) is 0.250. The Hall–Kier alpha value is -3.75. The van der Waals surface area contributed by atoms with Crippen LogP contribution in [0, 0.1) is 0 Å². The number of carbonyl (C=O) groups excluding carboxylic acids is 3. The van der Waals surface area contributed by atoms with Crippen molar-refractivity contribution in [1.29, 1.82) is 0 Å². The molecule has 0 saturated carbocycles. The average Bonchev–Trinajstić information content (AvgIpc) is 2.99. The molecule has 152 valence electrons. The van der Waals surface area contributed by atoms with Crippen molar-refractivity contribution in [2.75, 3.05) is 38.7 Å². The largest absolute Gasteiger partial charge is 0.495 e. The van der Waals surface area contributed by atoms with Crippen molar-refractivity contribution in [3.8, 4) is 5.75 Å². The first-order chi connectivity index (χ1) is 13.9. The van der Waals surface area contributed by atoms with Crippen LogP contribution in [0.1, 0.15) is 11.1 Å². The summed E-state index contributed by atoms with van der Waals surface area (Å²) in [6, 6.07) is 11.8. The van der Waals surface area contributed by atoms with Crippen molar-refractivity contribution in [1.82, 2.24) is 5.43 Å². The fourth-order valence-electron chi connectivity index (χ4n) is 3.50. The van der Waals surface area contributed by atoms with Gasteiger partial charge in [0.2, 0.25) is 0 Å². The lowest BCUT2D eigenvalue weighted by Crippen LogP contribution is -2.47. The van der Waals surface area contributed by atoms with Gasteiger partial charge in [-0.15, -0.1) is 0 Å². The lowest BCUT2D eigenvalue weighted by atomic mass is 9.75. The molecular formula is C20H21N3O6. The predicted octanol–water partition coefficient (Wildman–Crippen LogP) is 1.81. The molecule has 29 heavy (non-hydrogen) atoms. The molecule has 0 aromatic heterocycles. The molecule has 2 aromatic rings. The van der Waals surface area contributed by atoms with E-state index >= 15 is 0 Å². The van der Waals surface area contributed by atoms with E-state index in [2.05, 4.69) is 15.6 Å². The van der Waals surface area contributed by atoms with Gasteiger partial charge in [0.05, 0.1) is 27.0 Å². The van der Waals surface area contributed by atoms with Gasteiger partial charge in [0, 0.05) is 18.3 Å². The lowest BCUT2D eigenvalue weighted by molar-refractivity contribution is -0.149. The monoisotopic (exact) mass is 399 g/mol. The normalized spacial score (nSPS) is 17.4. The Kier molecular flexibility index (Phi) is 5.31. The second-order valence-corrected chi connectivity index (χ2v) is 6.28. The lowest BCUT2D eigenvalue weighted by Gasteiger charge is -2.27. The molecule has 3 rings (SSSR count). The number of hydrogen-bond acceptors (Lipinski definition) is 7. The zero-order chi connectivity index (χ0) is 21.2. The van der Waals surface area contributed by atoms with Crippen molar-refractivity contribution in [2.45, 2.75) is 5.41 Å². The third kappa shape index (κ3) is 3.00. The van der Waals surface area contributed by atoms with Crippen molar-refractivity contribution in [3.05, 3.63) is 53.6 Å². The number of carbonyl (C=O) groups is 3. The summed E-state index contributed by atoms with van der Waals surface area (Å²) in [7, 11) is 5.52. The molecule has 9 nitrogen and oxygen atoms in total. The third-order valence-corrected chi connectivity index (χ3v) is 4.91. The van der Waals surface area contributed by atoms with Crippen LogP contribution in [0.3, 0.4) is 0 Å². The number of nitrogens with one attached hydrogen (secondary N) is 2. The van der Waals surface area contributed by atoms with Crippen LogP contribution in [0.2, 0.25) is 0 Å². The van der Waals surface area contributed by atoms with Gasteiger partial charge in [-0.2, -0.15) is 0 Å². The third-order valence-electron chi connectivity index (χ3n) is 4.91. The van der Waals surface area contributed by atoms with Crippen LogP contribution < -0.4 is 20.5 Å². The van der Waals surface area contributed by atoms with E-state index in [1.54, 1.807) is 49.5 Å². The van der Waals surface area contributed by atoms with Gasteiger partial charge < -0.3 is 19.1 Å². The molecule has 2 N–H and O–H groups in total. The Labute approximate surface area is 167 Å². The summed E-state index contributed by atoms with van der Waals surface area (Å²) in [4.78, 5) is 39.1. The molecule has 1 aliphatic heterocycles. The molecule has 2 aromatic carbocycles. The van der Waals surface area contributed by atoms with E-state index in [4.69, 9.17) is 9.47 Å². The number of methoxy groups -OCH3 is 3. The van der Waals surface area contributed by atoms with Gasteiger partial charge in [0.1, 0.15) is 5.75 Å². The first-order valence-electron chi connectivity index (χ1n) is 8.66. The van der Waals surface area contributed by atoms with Crippen LogP contribution in [0.15, 0.2) is 42.5 Å². The molecule has 1 aliphatic rings. The Morgan fingerprint density at radius 3 is 2.41 bits per heavy atom. The number of anilines is 2. The number of para-hydroxylation sites is 1. The molecule has 0 spiro atoms. The number of esters is 1. The van der Waals surface area contributed by atoms with Gasteiger partial charge in [-0.05, 0) is 23.8 Å². The summed E-state index contributed by atoms with van der Waals surface area (Å²) >= 11 is 0. The number of amides is 2. The van der Waals surface area contributed by atoms with Crippen LogP contribution in [0.25, 0.3) is 0 Å². The summed E-state index contributed by atoms with van der Waals surface area (Å²) in [5.74, 6) is -0.822. The number of ether oxygens (including phenoxy) is 3. The highest BCUT2D eigenvalue weighted by atomic mass is 16.5. The van der Waals surface area contributed by atoms with E-state index in [9.17, 15) is 14.4 Å². The summed E-state index contributed by atoms with van der Waals surface area (Å²) in [5, 5.41) is 0. The number of rotatable bonds is 5. The molecule has 2 amide bonds. The number of benzene rings is 2. The minimum Gasteiger partial charge on any atom is -0.495 e. The maximum absolute atomic E-state index is 13.3. The molecule has 1 heterocycles. The first kappa shape index (κ1) is 20.0. The van der Waals surface area contributed by atoms with Gasteiger partial charge in [-0.3, -0.25) is 15.0 Å². The summed E-state index contributed by atoms with van der Waals surface area (Å²) in [6.07, 6.45) is -0.691. The summed E-state index contributed by atoms with van der Waals surface area (Å²) in [5.41, 5.74) is 5.27. The van der Waals surface area contributed by atoms with Crippen LogP contribution in [0.4, 0.5) is 16.2 Å². The number of nitrogens with zero attached hydrogens (tertiary/aromatic N) is 1. The van der Waals surface area contributed by atoms with E-state index in [1.165, 1.54) is 26.2 Å².